The van der Waals surface area contributed by atoms with Gasteiger partial charge in [-0.1, -0.05) is 23.4 Å². The first kappa shape index (κ1) is 17.4. The van der Waals surface area contributed by atoms with Crippen LogP contribution in [-0.2, 0) is 4.79 Å². The van der Waals surface area contributed by atoms with Crippen molar-refractivity contribution in [2.45, 2.75) is 25.8 Å². The molecule has 1 saturated heterocycles. The number of rotatable bonds is 4. The minimum atomic E-state index is -0.139. The smallest absolute Gasteiger partial charge is 0.223 e. The number of nitrogens with zero attached hydrogens (tertiary/aromatic N) is 3. The predicted molar refractivity (Wildman–Crippen MR) is 90.8 cm³/mol. The molecule has 1 aliphatic rings. The van der Waals surface area contributed by atoms with Crippen LogP contribution < -0.4 is 10.6 Å². The van der Waals surface area contributed by atoms with Gasteiger partial charge in [-0.2, -0.15) is 0 Å². The van der Waals surface area contributed by atoms with Crippen molar-refractivity contribution < 1.29 is 4.79 Å². The Hall–Kier alpha value is -1.92. The highest BCUT2D eigenvalue weighted by molar-refractivity contribution is 5.85. The molecule has 124 valence electrons. The number of para-hydroxylation sites is 1. The fraction of sp³-hybridized carbons (Fsp3) is 0.438. The summed E-state index contributed by atoms with van der Waals surface area (Å²) in [6.07, 6.45) is 3.66. The van der Waals surface area contributed by atoms with Crippen molar-refractivity contribution in [2.24, 2.45) is 5.92 Å². The Balaban J connectivity index is 0.00000192. The van der Waals surface area contributed by atoms with Gasteiger partial charge in [0.05, 0.1) is 17.9 Å². The van der Waals surface area contributed by atoms with Crippen molar-refractivity contribution >= 4 is 18.3 Å². The van der Waals surface area contributed by atoms with Crippen molar-refractivity contribution in [3.63, 3.8) is 0 Å². The zero-order chi connectivity index (χ0) is 15.4. The Labute approximate surface area is 142 Å². The van der Waals surface area contributed by atoms with Crippen molar-refractivity contribution in [3.8, 4) is 5.69 Å². The number of amides is 1. The molecule has 23 heavy (non-hydrogen) atoms. The van der Waals surface area contributed by atoms with Gasteiger partial charge in [0.25, 0.3) is 0 Å². The number of halogens is 1. The highest BCUT2D eigenvalue weighted by atomic mass is 35.5. The van der Waals surface area contributed by atoms with Crippen LogP contribution in [0.25, 0.3) is 5.69 Å². The first-order valence-electron chi connectivity index (χ1n) is 7.73. The molecule has 1 aromatic carbocycles. The van der Waals surface area contributed by atoms with Gasteiger partial charge >= 0.3 is 0 Å². The number of benzene rings is 1. The summed E-state index contributed by atoms with van der Waals surface area (Å²) in [5.41, 5.74) is 1.73. The van der Waals surface area contributed by atoms with E-state index in [0.717, 1.165) is 37.3 Å². The second-order valence-electron chi connectivity index (χ2n) is 5.68. The molecule has 0 aliphatic carbocycles. The Bertz CT molecular complexity index is 624. The van der Waals surface area contributed by atoms with Gasteiger partial charge in [-0.3, -0.25) is 4.79 Å². The number of aromatic nitrogens is 3. The maximum Gasteiger partial charge on any atom is 0.223 e. The number of nitrogens with one attached hydrogen (secondary N) is 2. The number of hydrogen-bond acceptors (Lipinski definition) is 4. The number of carbonyl (C=O) groups is 1. The first-order valence-corrected chi connectivity index (χ1v) is 7.73. The summed E-state index contributed by atoms with van der Waals surface area (Å²) < 4.78 is 1.72. The lowest BCUT2D eigenvalue weighted by atomic mass is 9.97. The first-order chi connectivity index (χ1) is 10.7. The lowest BCUT2D eigenvalue weighted by Gasteiger charge is -2.23. The molecule has 0 bridgehead atoms. The van der Waals surface area contributed by atoms with Gasteiger partial charge in [0.2, 0.25) is 5.91 Å². The summed E-state index contributed by atoms with van der Waals surface area (Å²) in [6, 6.07) is 9.68. The molecular formula is C16H22ClN5O. The zero-order valence-electron chi connectivity index (χ0n) is 13.1. The van der Waals surface area contributed by atoms with Crippen molar-refractivity contribution in [1.82, 2.24) is 25.6 Å². The van der Waals surface area contributed by atoms with Crippen LogP contribution in [0.2, 0.25) is 0 Å². The van der Waals surface area contributed by atoms with Crippen LogP contribution in [0, 0.1) is 5.92 Å². The second kappa shape index (κ2) is 8.08. The van der Waals surface area contributed by atoms with Gasteiger partial charge in [0.1, 0.15) is 5.69 Å². The van der Waals surface area contributed by atoms with Crippen LogP contribution >= 0.6 is 12.4 Å². The topological polar surface area (TPSA) is 71.8 Å². The molecular weight excluding hydrogens is 314 g/mol. The molecule has 0 spiro atoms. The third-order valence-electron chi connectivity index (χ3n) is 4.04. The summed E-state index contributed by atoms with van der Waals surface area (Å²) in [5.74, 6) is 0.219. The number of hydrogen-bond donors (Lipinski definition) is 2. The van der Waals surface area contributed by atoms with Crippen LogP contribution in [-0.4, -0.2) is 34.0 Å². The monoisotopic (exact) mass is 335 g/mol. The van der Waals surface area contributed by atoms with E-state index in [-0.39, 0.29) is 30.3 Å². The molecule has 1 unspecified atom stereocenters. The summed E-state index contributed by atoms with van der Waals surface area (Å²) in [7, 11) is 0. The maximum absolute atomic E-state index is 12.3. The molecule has 1 fully saturated rings. The zero-order valence-corrected chi connectivity index (χ0v) is 13.9. The molecule has 1 aliphatic heterocycles. The van der Waals surface area contributed by atoms with Crippen molar-refractivity contribution in [3.05, 3.63) is 42.2 Å². The second-order valence-corrected chi connectivity index (χ2v) is 5.68. The van der Waals surface area contributed by atoms with Crippen LogP contribution in [0.1, 0.15) is 31.5 Å². The lowest BCUT2D eigenvalue weighted by molar-refractivity contribution is -0.126. The Morgan fingerprint density at radius 2 is 2.00 bits per heavy atom. The van der Waals surface area contributed by atoms with E-state index < -0.39 is 0 Å². The molecule has 1 amide bonds. The third kappa shape index (κ3) is 4.30. The van der Waals surface area contributed by atoms with Crippen LogP contribution in [0.5, 0.6) is 0 Å². The summed E-state index contributed by atoms with van der Waals surface area (Å²) in [6.45, 7) is 3.77. The molecule has 7 heteroatoms. The quantitative estimate of drug-likeness (QED) is 0.894. The molecule has 2 N–H and O–H groups in total. The minimum Gasteiger partial charge on any atom is -0.348 e. The van der Waals surface area contributed by atoms with E-state index >= 15 is 0 Å². The minimum absolute atomic E-state index is 0. The van der Waals surface area contributed by atoms with E-state index in [1.54, 1.807) is 4.68 Å². The molecule has 3 rings (SSSR count). The highest BCUT2D eigenvalue weighted by Gasteiger charge is 2.23. The Morgan fingerprint density at radius 3 is 2.70 bits per heavy atom. The molecule has 2 aromatic rings. The standard InChI is InChI=1S/C16H21N5O.ClH/c1-12(18-16(22)13-7-9-17-10-8-13)15-11-21(20-19-15)14-5-3-2-4-6-14;/h2-6,11-13,17H,7-10H2,1H3,(H,18,22);1H. The van der Waals surface area contributed by atoms with Crippen LogP contribution in [0.3, 0.4) is 0 Å². The van der Waals surface area contributed by atoms with E-state index in [0.29, 0.717) is 0 Å². The summed E-state index contributed by atoms with van der Waals surface area (Å²) in [5, 5.41) is 14.6. The Morgan fingerprint density at radius 1 is 1.30 bits per heavy atom. The van der Waals surface area contributed by atoms with Gasteiger partial charge in [0.15, 0.2) is 0 Å². The van der Waals surface area contributed by atoms with E-state index in [1.165, 1.54) is 0 Å². The fourth-order valence-corrected chi connectivity index (χ4v) is 2.67. The molecule has 0 saturated carbocycles. The fourth-order valence-electron chi connectivity index (χ4n) is 2.67. The van der Waals surface area contributed by atoms with Crippen LogP contribution in [0.4, 0.5) is 0 Å². The van der Waals surface area contributed by atoms with E-state index in [1.807, 2.05) is 43.5 Å². The molecule has 6 nitrogen and oxygen atoms in total. The van der Waals surface area contributed by atoms with Crippen molar-refractivity contribution in [1.29, 1.82) is 0 Å². The van der Waals surface area contributed by atoms with Crippen molar-refractivity contribution in [2.75, 3.05) is 13.1 Å². The van der Waals surface area contributed by atoms with Gasteiger partial charge in [-0.05, 0) is 45.0 Å². The molecule has 1 atom stereocenters. The number of carbonyl (C=O) groups excluding carboxylic acids is 1. The lowest BCUT2D eigenvalue weighted by Crippen LogP contribution is -2.39. The number of piperidine rings is 1. The summed E-state index contributed by atoms with van der Waals surface area (Å²) in [4.78, 5) is 12.3. The molecule has 2 heterocycles. The average molecular weight is 336 g/mol. The SMILES string of the molecule is CC(NC(=O)C1CCNCC1)c1cn(-c2ccccc2)nn1.Cl. The van der Waals surface area contributed by atoms with E-state index in [4.69, 9.17) is 0 Å². The van der Waals surface area contributed by atoms with Gasteiger partial charge in [-0.25, -0.2) is 4.68 Å². The van der Waals surface area contributed by atoms with Crippen LogP contribution in [0.15, 0.2) is 36.5 Å². The Kier molecular flexibility index (Phi) is 6.12. The average Bonchev–Trinajstić information content (AvgIpc) is 3.06. The molecule has 1 aromatic heterocycles. The maximum atomic E-state index is 12.3. The van der Waals surface area contributed by atoms with Gasteiger partial charge < -0.3 is 10.6 Å². The molecule has 0 radical (unpaired) electrons. The highest BCUT2D eigenvalue weighted by Crippen LogP contribution is 2.16. The van der Waals surface area contributed by atoms with Gasteiger partial charge in [0, 0.05) is 5.92 Å². The summed E-state index contributed by atoms with van der Waals surface area (Å²) >= 11 is 0. The predicted octanol–water partition coefficient (Wildman–Crippen LogP) is 1.87. The largest absolute Gasteiger partial charge is 0.348 e. The van der Waals surface area contributed by atoms with E-state index in [2.05, 4.69) is 20.9 Å². The van der Waals surface area contributed by atoms with E-state index in [9.17, 15) is 4.79 Å². The third-order valence-corrected chi connectivity index (χ3v) is 4.04. The normalized spacial score (nSPS) is 16.4. The van der Waals surface area contributed by atoms with Gasteiger partial charge in [-0.15, -0.1) is 17.5 Å².